The number of hydrazine groups is 1. The Morgan fingerprint density at radius 2 is 1.93 bits per heavy atom. The zero-order chi connectivity index (χ0) is 11.4. The number of carbonyl (C=O) groups is 1. The highest BCUT2D eigenvalue weighted by Crippen LogP contribution is 2.14. The molecule has 3 N–H and O–H groups in total. The molecule has 0 aliphatic heterocycles. The van der Waals surface area contributed by atoms with Gasteiger partial charge in [0.05, 0.1) is 0 Å². The lowest BCUT2D eigenvalue weighted by Crippen LogP contribution is -2.41. The SMILES string of the molecule is CN(C)NC(=O)C(N)c1ccc(Cl)cc1. The van der Waals surface area contributed by atoms with E-state index in [2.05, 4.69) is 5.43 Å². The highest BCUT2D eigenvalue weighted by molar-refractivity contribution is 6.30. The van der Waals surface area contributed by atoms with E-state index in [4.69, 9.17) is 17.3 Å². The number of carbonyl (C=O) groups excluding carboxylic acids is 1. The number of nitrogens with two attached hydrogens (primary N) is 1. The van der Waals surface area contributed by atoms with Gasteiger partial charge in [0.25, 0.3) is 5.91 Å². The van der Waals surface area contributed by atoms with E-state index in [9.17, 15) is 4.79 Å². The van der Waals surface area contributed by atoms with E-state index in [1.54, 1.807) is 43.4 Å². The minimum absolute atomic E-state index is 0.248. The molecule has 1 aromatic rings. The van der Waals surface area contributed by atoms with Crippen LogP contribution in [0.15, 0.2) is 24.3 Å². The van der Waals surface area contributed by atoms with Crippen molar-refractivity contribution >= 4 is 17.5 Å². The Morgan fingerprint density at radius 1 is 1.40 bits per heavy atom. The molecule has 0 spiro atoms. The number of rotatable bonds is 3. The standard InChI is InChI=1S/C10H14ClN3O/c1-14(2)13-10(15)9(12)7-3-5-8(11)6-4-7/h3-6,9H,12H2,1-2H3,(H,13,15). The molecule has 1 unspecified atom stereocenters. The van der Waals surface area contributed by atoms with E-state index < -0.39 is 6.04 Å². The first kappa shape index (κ1) is 12.0. The van der Waals surface area contributed by atoms with Crippen LogP contribution < -0.4 is 11.2 Å². The number of hydrogen-bond donors (Lipinski definition) is 2. The average molecular weight is 228 g/mol. The van der Waals surface area contributed by atoms with Crippen molar-refractivity contribution in [3.05, 3.63) is 34.9 Å². The lowest BCUT2D eigenvalue weighted by atomic mass is 10.1. The number of hydrogen-bond acceptors (Lipinski definition) is 3. The molecular formula is C10H14ClN3O. The van der Waals surface area contributed by atoms with Gasteiger partial charge >= 0.3 is 0 Å². The Kier molecular flexibility index (Phi) is 4.08. The van der Waals surface area contributed by atoms with Crippen LogP contribution in [0.1, 0.15) is 11.6 Å². The molecule has 4 nitrogen and oxygen atoms in total. The Bertz CT molecular complexity index is 337. The Labute approximate surface area is 94.0 Å². The van der Waals surface area contributed by atoms with Crippen LogP contribution in [-0.2, 0) is 4.79 Å². The second kappa shape index (κ2) is 5.11. The van der Waals surface area contributed by atoms with Crippen molar-refractivity contribution in [2.45, 2.75) is 6.04 Å². The van der Waals surface area contributed by atoms with Gasteiger partial charge in [0, 0.05) is 19.1 Å². The van der Waals surface area contributed by atoms with Gasteiger partial charge in [-0.25, -0.2) is 5.01 Å². The van der Waals surface area contributed by atoms with Crippen LogP contribution in [0.5, 0.6) is 0 Å². The van der Waals surface area contributed by atoms with Gasteiger partial charge in [-0.15, -0.1) is 0 Å². The van der Waals surface area contributed by atoms with Crippen molar-refractivity contribution in [2.75, 3.05) is 14.1 Å². The third-order valence-corrected chi connectivity index (χ3v) is 2.10. The summed E-state index contributed by atoms with van der Waals surface area (Å²) < 4.78 is 0. The van der Waals surface area contributed by atoms with E-state index in [1.165, 1.54) is 0 Å². The molecule has 0 saturated heterocycles. The fourth-order valence-corrected chi connectivity index (χ4v) is 1.24. The topological polar surface area (TPSA) is 58.4 Å². The van der Waals surface area contributed by atoms with Gasteiger partial charge in [-0.2, -0.15) is 0 Å². The zero-order valence-corrected chi connectivity index (χ0v) is 9.45. The lowest BCUT2D eigenvalue weighted by Gasteiger charge is -2.16. The van der Waals surface area contributed by atoms with Crippen molar-refractivity contribution in [1.82, 2.24) is 10.4 Å². The summed E-state index contributed by atoms with van der Waals surface area (Å²) in [6.45, 7) is 0. The third kappa shape index (κ3) is 3.51. The normalized spacial score (nSPS) is 12.6. The molecule has 0 radical (unpaired) electrons. The van der Waals surface area contributed by atoms with Crippen LogP contribution in [0.4, 0.5) is 0 Å². The largest absolute Gasteiger partial charge is 0.316 e. The van der Waals surface area contributed by atoms with Gasteiger partial charge in [0.15, 0.2) is 0 Å². The van der Waals surface area contributed by atoms with Crippen LogP contribution in [0.2, 0.25) is 5.02 Å². The van der Waals surface area contributed by atoms with Crippen molar-refractivity contribution in [3.63, 3.8) is 0 Å². The van der Waals surface area contributed by atoms with Gasteiger partial charge in [-0.1, -0.05) is 23.7 Å². The highest BCUT2D eigenvalue weighted by atomic mass is 35.5. The zero-order valence-electron chi connectivity index (χ0n) is 8.70. The Morgan fingerprint density at radius 3 is 2.40 bits per heavy atom. The summed E-state index contributed by atoms with van der Waals surface area (Å²) in [5.41, 5.74) is 9.08. The molecule has 0 saturated carbocycles. The smallest absolute Gasteiger partial charge is 0.255 e. The van der Waals surface area contributed by atoms with Crippen LogP contribution in [-0.4, -0.2) is 25.0 Å². The molecule has 0 aliphatic rings. The molecule has 0 fully saturated rings. The Hall–Kier alpha value is -1.10. The van der Waals surface area contributed by atoms with Crippen LogP contribution >= 0.6 is 11.6 Å². The van der Waals surface area contributed by atoms with Crippen molar-refractivity contribution < 1.29 is 4.79 Å². The minimum atomic E-state index is -0.676. The molecular weight excluding hydrogens is 214 g/mol. The molecule has 1 atom stereocenters. The van der Waals surface area contributed by atoms with Gasteiger partial charge in [-0.05, 0) is 17.7 Å². The second-order valence-corrected chi connectivity index (χ2v) is 3.84. The number of amides is 1. The van der Waals surface area contributed by atoms with Crippen molar-refractivity contribution in [1.29, 1.82) is 0 Å². The molecule has 1 rings (SSSR count). The fourth-order valence-electron chi connectivity index (χ4n) is 1.11. The number of benzene rings is 1. The van der Waals surface area contributed by atoms with E-state index in [0.29, 0.717) is 5.02 Å². The van der Waals surface area contributed by atoms with Gasteiger partial charge in [-0.3, -0.25) is 10.2 Å². The van der Waals surface area contributed by atoms with Crippen molar-refractivity contribution in [2.24, 2.45) is 5.73 Å². The summed E-state index contributed by atoms with van der Waals surface area (Å²) in [6.07, 6.45) is 0. The monoisotopic (exact) mass is 227 g/mol. The molecule has 1 aromatic carbocycles. The van der Waals surface area contributed by atoms with Crippen LogP contribution in [0.25, 0.3) is 0 Å². The highest BCUT2D eigenvalue weighted by Gasteiger charge is 2.15. The van der Waals surface area contributed by atoms with E-state index in [1.807, 2.05) is 0 Å². The molecule has 0 bridgehead atoms. The molecule has 0 heterocycles. The summed E-state index contributed by atoms with van der Waals surface area (Å²) in [5.74, 6) is -0.248. The number of nitrogens with zero attached hydrogens (tertiary/aromatic N) is 1. The fraction of sp³-hybridized carbons (Fsp3) is 0.300. The first-order valence-corrected chi connectivity index (χ1v) is 4.87. The van der Waals surface area contributed by atoms with Crippen LogP contribution in [0.3, 0.4) is 0 Å². The predicted molar refractivity (Wildman–Crippen MR) is 60.2 cm³/mol. The molecule has 0 aromatic heterocycles. The number of halogens is 1. The summed E-state index contributed by atoms with van der Waals surface area (Å²) in [7, 11) is 3.46. The summed E-state index contributed by atoms with van der Waals surface area (Å²) in [6, 6.07) is 6.22. The second-order valence-electron chi connectivity index (χ2n) is 3.40. The maximum atomic E-state index is 11.5. The molecule has 0 aliphatic carbocycles. The van der Waals surface area contributed by atoms with Gasteiger partial charge in [0.1, 0.15) is 6.04 Å². The van der Waals surface area contributed by atoms with E-state index >= 15 is 0 Å². The third-order valence-electron chi connectivity index (χ3n) is 1.85. The maximum Gasteiger partial charge on any atom is 0.255 e. The average Bonchev–Trinajstić information content (AvgIpc) is 2.17. The summed E-state index contributed by atoms with van der Waals surface area (Å²) >= 11 is 5.73. The molecule has 5 heteroatoms. The first-order valence-electron chi connectivity index (χ1n) is 4.49. The molecule has 15 heavy (non-hydrogen) atoms. The quantitative estimate of drug-likeness (QED) is 0.756. The summed E-state index contributed by atoms with van der Waals surface area (Å²) in [4.78, 5) is 11.5. The molecule has 1 amide bonds. The lowest BCUT2D eigenvalue weighted by molar-refractivity contribution is -0.126. The van der Waals surface area contributed by atoms with Gasteiger partial charge < -0.3 is 5.73 Å². The number of nitrogens with one attached hydrogen (secondary N) is 1. The predicted octanol–water partition coefficient (Wildman–Crippen LogP) is 0.933. The minimum Gasteiger partial charge on any atom is -0.316 e. The van der Waals surface area contributed by atoms with Crippen molar-refractivity contribution in [3.8, 4) is 0 Å². The van der Waals surface area contributed by atoms with E-state index in [-0.39, 0.29) is 5.91 Å². The molecule has 82 valence electrons. The first-order chi connectivity index (χ1) is 7.00. The maximum absolute atomic E-state index is 11.5. The summed E-state index contributed by atoms with van der Waals surface area (Å²) in [5, 5.41) is 2.18. The van der Waals surface area contributed by atoms with E-state index in [0.717, 1.165) is 5.56 Å². The van der Waals surface area contributed by atoms with Gasteiger partial charge in [0.2, 0.25) is 0 Å². The Balaban J connectivity index is 2.71. The van der Waals surface area contributed by atoms with Crippen LogP contribution in [0, 0.1) is 0 Å².